The first-order valence-electron chi connectivity index (χ1n) is 4.10. The Labute approximate surface area is 98.0 Å². The highest BCUT2D eigenvalue weighted by Gasteiger charge is 2.08. The van der Waals surface area contributed by atoms with Crippen LogP contribution in [0.4, 0.5) is 4.39 Å². The first-order valence-corrected chi connectivity index (χ1v) is 5.17. The number of aromatic nitrogens is 1. The number of hydrogen-bond acceptors (Lipinski definition) is 2. The van der Waals surface area contributed by atoms with Crippen molar-refractivity contribution in [1.29, 1.82) is 0 Å². The molecule has 76 valence electrons. The average Bonchev–Trinajstić information content (AvgIpc) is 2.50. The highest BCUT2D eigenvalue weighted by Crippen LogP contribution is 2.13. The maximum atomic E-state index is 12.8. The minimum Gasteiger partial charge on any atom is -0.408 e. The monoisotopic (exact) mass is 317 g/mol. The summed E-state index contributed by atoms with van der Waals surface area (Å²) in [4.78, 5) is 11.4. The summed E-state index contributed by atoms with van der Waals surface area (Å²) in [5.41, 5.74) is 0.802. The van der Waals surface area contributed by atoms with Crippen LogP contribution >= 0.6 is 22.6 Å². The molecule has 0 aliphatic rings. The second-order valence-corrected chi connectivity index (χ2v) is 3.38. The molecule has 0 radical (unpaired) electrons. The molecular formula is C10H5FINO2. The summed E-state index contributed by atoms with van der Waals surface area (Å²) in [7, 11) is 0. The lowest BCUT2D eigenvalue weighted by Gasteiger charge is -1.94. The minimum atomic E-state index is -0.519. The maximum absolute atomic E-state index is 12.8. The smallest absolute Gasteiger partial charge is 0.408 e. The molecule has 0 saturated carbocycles. The predicted molar refractivity (Wildman–Crippen MR) is 62.2 cm³/mol. The number of benzene rings is 1. The zero-order valence-electron chi connectivity index (χ0n) is 7.46. The van der Waals surface area contributed by atoms with E-state index in [9.17, 15) is 9.18 Å². The van der Waals surface area contributed by atoms with Crippen molar-refractivity contribution in [3.8, 4) is 9.85 Å². The van der Waals surface area contributed by atoms with Crippen LogP contribution in [-0.4, -0.2) is 4.57 Å². The van der Waals surface area contributed by atoms with Gasteiger partial charge in [0.2, 0.25) is 0 Å². The van der Waals surface area contributed by atoms with Crippen LogP contribution in [0.15, 0.2) is 27.4 Å². The molecule has 5 heteroatoms. The first kappa shape index (κ1) is 10.2. The van der Waals surface area contributed by atoms with Crippen molar-refractivity contribution < 1.29 is 8.81 Å². The minimum absolute atomic E-state index is 0.246. The molecule has 1 aromatic heterocycles. The van der Waals surface area contributed by atoms with E-state index >= 15 is 0 Å². The van der Waals surface area contributed by atoms with Crippen molar-refractivity contribution in [1.82, 2.24) is 4.57 Å². The topological polar surface area (TPSA) is 35.1 Å². The number of oxazole rings is 1. The molecule has 0 spiro atoms. The lowest BCUT2D eigenvalue weighted by Crippen LogP contribution is -2.12. The molecule has 1 aromatic carbocycles. The van der Waals surface area contributed by atoms with Gasteiger partial charge in [0.15, 0.2) is 5.58 Å². The van der Waals surface area contributed by atoms with Crippen molar-refractivity contribution in [2.24, 2.45) is 0 Å². The number of fused-ring (bicyclic) bond motifs is 1. The van der Waals surface area contributed by atoms with Gasteiger partial charge in [-0.2, -0.15) is 0 Å². The lowest BCUT2D eigenvalue weighted by molar-refractivity contribution is 0.519. The Bertz CT molecular complexity index is 618. The number of hydrogen-bond donors (Lipinski definition) is 0. The van der Waals surface area contributed by atoms with Crippen LogP contribution in [0.3, 0.4) is 0 Å². The van der Waals surface area contributed by atoms with Crippen LogP contribution in [0.25, 0.3) is 11.1 Å². The largest absolute Gasteiger partial charge is 0.420 e. The highest BCUT2D eigenvalue weighted by atomic mass is 127. The van der Waals surface area contributed by atoms with Crippen LogP contribution in [0, 0.1) is 15.7 Å². The fraction of sp³-hybridized carbons (Fsp3) is 0.100. The Morgan fingerprint density at radius 3 is 3.07 bits per heavy atom. The highest BCUT2D eigenvalue weighted by molar-refractivity contribution is 14.1. The molecule has 15 heavy (non-hydrogen) atoms. The number of nitrogens with zero attached hydrogens (tertiary/aromatic N) is 1. The summed E-state index contributed by atoms with van der Waals surface area (Å²) in [6.45, 7) is 0.250. The molecule has 0 unspecified atom stereocenters. The molecule has 0 aliphatic carbocycles. The molecule has 0 aliphatic heterocycles. The van der Waals surface area contributed by atoms with E-state index < -0.39 is 11.6 Å². The summed E-state index contributed by atoms with van der Waals surface area (Å²) in [6, 6.07) is 3.97. The summed E-state index contributed by atoms with van der Waals surface area (Å²) in [6.07, 6.45) is 0. The van der Waals surface area contributed by atoms with Crippen molar-refractivity contribution in [3.05, 3.63) is 34.6 Å². The summed E-state index contributed by atoms with van der Waals surface area (Å²) < 4.78 is 21.7. The van der Waals surface area contributed by atoms with E-state index in [1.807, 2.05) is 22.6 Å². The van der Waals surface area contributed by atoms with Gasteiger partial charge in [0.05, 0.1) is 12.1 Å². The van der Waals surface area contributed by atoms with E-state index in [1.165, 1.54) is 22.8 Å². The van der Waals surface area contributed by atoms with Crippen LogP contribution in [0.1, 0.15) is 0 Å². The Kier molecular flexibility index (Phi) is 2.77. The quantitative estimate of drug-likeness (QED) is 0.597. The summed E-state index contributed by atoms with van der Waals surface area (Å²) >= 11 is 1.89. The van der Waals surface area contributed by atoms with Gasteiger partial charge in [0.25, 0.3) is 0 Å². The molecule has 0 N–H and O–H groups in total. The Morgan fingerprint density at radius 1 is 1.53 bits per heavy atom. The molecule has 3 nitrogen and oxygen atoms in total. The number of halogens is 2. The van der Waals surface area contributed by atoms with Crippen LogP contribution in [-0.2, 0) is 6.54 Å². The second kappa shape index (κ2) is 4.06. The average molecular weight is 317 g/mol. The molecular weight excluding hydrogens is 312 g/mol. The van der Waals surface area contributed by atoms with E-state index in [2.05, 4.69) is 9.85 Å². The van der Waals surface area contributed by atoms with Crippen LogP contribution < -0.4 is 5.76 Å². The summed E-state index contributed by atoms with van der Waals surface area (Å²) in [5.74, 6) is 1.80. The number of rotatable bonds is 1. The van der Waals surface area contributed by atoms with Crippen molar-refractivity contribution in [2.45, 2.75) is 6.54 Å². The van der Waals surface area contributed by atoms with Crippen LogP contribution in [0.5, 0.6) is 0 Å². The fourth-order valence-corrected chi connectivity index (χ4v) is 1.47. The fourth-order valence-electron chi connectivity index (χ4n) is 1.30. The third kappa shape index (κ3) is 1.90. The van der Waals surface area contributed by atoms with Gasteiger partial charge in [0, 0.05) is 28.7 Å². The molecule has 0 bridgehead atoms. The zero-order chi connectivity index (χ0) is 10.8. The van der Waals surface area contributed by atoms with Crippen molar-refractivity contribution in [2.75, 3.05) is 0 Å². The van der Waals surface area contributed by atoms with Gasteiger partial charge >= 0.3 is 5.76 Å². The molecule has 1 heterocycles. The lowest BCUT2D eigenvalue weighted by atomic mass is 10.3. The molecule has 0 atom stereocenters. The van der Waals surface area contributed by atoms with Crippen molar-refractivity contribution >= 4 is 33.7 Å². The van der Waals surface area contributed by atoms with Gasteiger partial charge in [-0.3, -0.25) is 4.57 Å². The molecule has 0 saturated heterocycles. The Balaban J connectivity index is 2.66. The van der Waals surface area contributed by atoms with Gasteiger partial charge in [-0.25, -0.2) is 9.18 Å². The third-order valence-corrected chi connectivity index (χ3v) is 2.32. The van der Waals surface area contributed by atoms with Crippen LogP contribution in [0.2, 0.25) is 0 Å². The van der Waals surface area contributed by atoms with Gasteiger partial charge in [0.1, 0.15) is 5.82 Å². The maximum Gasteiger partial charge on any atom is 0.420 e. The second-order valence-electron chi connectivity index (χ2n) is 2.84. The Morgan fingerprint density at radius 2 is 2.33 bits per heavy atom. The molecule has 2 rings (SSSR count). The Hall–Kier alpha value is -1.29. The SMILES string of the molecule is O=c1oc2cc(F)ccc2n1CC#CI. The first-order chi connectivity index (χ1) is 7.22. The van der Waals surface area contributed by atoms with Crippen molar-refractivity contribution in [3.63, 3.8) is 0 Å². The van der Waals surface area contributed by atoms with E-state index in [0.717, 1.165) is 0 Å². The molecule has 0 fully saturated rings. The van der Waals surface area contributed by atoms with Gasteiger partial charge in [-0.15, -0.1) is 0 Å². The van der Waals surface area contributed by atoms with E-state index in [1.54, 1.807) is 0 Å². The predicted octanol–water partition coefficient (Wildman–Crippen LogP) is 2.13. The van der Waals surface area contributed by atoms with Gasteiger partial charge in [-0.05, 0) is 16.1 Å². The third-order valence-electron chi connectivity index (χ3n) is 1.93. The normalized spacial score (nSPS) is 10.0. The molecule has 2 aromatic rings. The van der Waals surface area contributed by atoms with Gasteiger partial charge in [-0.1, -0.05) is 5.92 Å². The zero-order valence-corrected chi connectivity index (χ0v) is 9.62. The van der Waals surface area contributed by atoms with E-state index in [-0.39, 0.29) is 12.1 Å². The molecule has 0 amide bonds. The van der Waals surface area contributed by atoms with E-state index in [0.29, 0.717) is 5.52 Å². The van der Waals surface area contributed by atoms with E-state index in [4.69, 9.17) is 4.42 Å². The van der Waals surface area contributed by atoms with Gasteiger partial charge < -0.3 is 4.42 Å². The summed E-state index contributed by atoms with van der Waals surface area (Å²) in [5, 5.41) is 0. The standard InChI is InChI=1S/C10H5FINO2/c11-7-2-3-8-9(6-7)15-10(14)13(8)5-1-4-12/h2-3,6H,5H2.